The minimum atomic E-state index is 0.192. The van der Waals surface area contributed by atoms with Crippen LogP contribution in [0.1, 0.15) is 0 Å². The van der Waals surface area contributed by atoms with Crippen molar-refractivity contribution in [3.05, 3.63) is 65.9 Å². The number of para-hydroxylation sites is 1. The molecule has 8 heteroatoms. The van der Waals surface area contributed by atoms with E-state index in [1.807, 2.05) is 24.3 Å². The van der Waals surface area contributed by atoms with Crippen molar-refractivity contribution in [2.24, 2.45) is 0 Å². The summed E-state index contributed by atoms with van der Waals surface area (Å²) in [6.07, 6.45) is 0. The Bertz CT molecular complexity index is 1160. The topological polar surface area (TPSA) is 64.8 Å². The Hall–Kier alpha value is -3.16. The second-order valence-corrected chi connectivity index (χ2v) is 7.00. The summed E-state index contributed by atoms with van der Waals surface area (Å²) in [6.45, 7) is 3.30. The van der Waals surface area contributed by atoms with E-state index in [1.165, 1.54) is 10.2 Å². The van der Waals surface area contributed by atoms with Crippen LogP contribution in [0.3, 0.4) is 0 Å². The van der Waals surface area contributed by atoms with Gasteiger partial charge in [0.25, 0.3) is 0 Å². The largest absolute Gasteiger partial charge is 0.437 e. The molecule has 4 aromatic rings. The highest BCUT2D eigenvalue weighted by molar-refractivity contribution is 6.28. The molecule has 1 fully saturated rings. The molecular weight excluding hydrogens is 390 g/mol. The molecule has 2 aromatic heterocycles. The average Bonchev–Trinajstić information content (AvgIpc) is 3.15. The SMILES string of the molecule is Clc1nnc2ccc(Oc3ccccc3-c3cccc(N4CCOCC4)c3)nn12. The summed E-state index contributed by atoms with van der Waals surface area (Å²) in [5, 5.41) is 12.3. The lowest BCUT2D eigenvalue weighted by molar-refractivity contribution is 0.122. The quantitative estimate of drug-likeness (QED) is 0.508. The van der Waals surface area contributed by atoms with Gasteiger partial charge in [0.2, 0.25) is 11.2 Å². The summed E-state index contributed by atoms with van der Waals surface area (Å²) in [4.78, 5) is 2.33. The number of nitrogens with zero attached hydrogens (tertiary/aromatic N) is 5. The molecule has 0 spiro atoms. The molecule has 2 aromatic carbocycles. The lowest BCUT2D eigenvalue weighted by atomic mass is 10.0. The number of hydrogen-bond donors (Lipinski definition) is 0. The first-order chi connectivity index (χ1) is 14.3. The van der Waals surface area contributed by atoms with Crippen molar-refractivity contribution >= 4 is 22.9 Å². The smallest absolute Gasteiger partial charge is 0.246 e. The summed E-state index contributed by atoms with van der Waals surface area (Å²) in [5.74, 6) is 1.12. The Kier molecular flexibility index (Phi) is 4.75. The van der Waals surface area contributed by atoms with Crippen LogP contribution in [0.2, 0.25) is 5.28 Å². The fourth-order valence-electron chi connectivity index (χ4n) is 3.40. The first kappa shape index (κ1) is 17.9. The van der Waals surface area contributed by atoms with Crippen molar-refractivity contribution in [2.75, 3.05) is 31.2 Å². The Balaban J connectivity index is 1.48. The van der Waals surface area contributed by atoms with Gasteiger partial charge in [-0.25, -0.2) is 0 Å². The molecule has 0 saturated carbocycles. The molecule has 0 N–H and O–H groups in total. The molecule has 0 unspecified atom stereocenters. The van der Waals surface area contributed by atoms with Crippen LogP contribution in [-0.4, -0.2) is 46.1 Å². The molecule has 29 heavy (non-hydrogen) atoms. The minimum Gasteiger partial charge on any atom is -0.437 e. The highest BCUT2D eigenvalue weighted by Crippen LogP contribution is 2.34. The number of morpholine rings is 1. The molecule has 7 nitrogen and oxygen atoms in total. The van der Waals surface area contributed by atoms with Crippen LogP contribution in [0.15, 0.2) is 60.7 Å². The van der Waals surface area contributed by atoms with E-state index < -0.39 is 0 Å². The van der Waals surface area contributed by atoms with Gasteiger partial charge >= 0.3 is 0 Å². The van der Waals surface area contributed by atoms with E-state index in [-0.39, 0.29) is 5.28 Å². The third-order valence-corrected chi connectivity index (χ3v) is 5.07. The van der Waals surface area contributed by atoms with Gasteiger partial charge in [-0.3, -0.25) is 0 Å². The number of fused-ring (bicyclic) bond motifs is 1. The monoisotopic (exact) mass is 407 g/mol. The lowest BCUT2D eigenvalue weighted by Gasteiger charge is -2.29. The summed E-state index contributed by atoms with van der Waals surface area (Å²) < 4.78 is 13.0. The lowest BCUT2D eigenvalue weighted by Crippen LogP contribution is -2.36. The third kappa shape index (κ3) is 3.62. The molecule has 0 amide bonds. The van der Waals surface area contributed by atoms with Crippen LogP contribution in [-0.2, 0) is 4.74 Å². The van der Waals surface area contributed by atoms with Crippen LogP contribution in [0.4, 0.5) is 5.69 Å². The van der Waals surface area contributed by atoms with Crippen molar-refractivity contribution in [1.82, 2.24) is 19.8 Å². The van der Waals surface area contributed by atoms with Crippen molar-refractivity contribution in [1.29, 1.82) is 0 Å². The maximum absolute atomic E-state index is 6.10. The van der Waals surface area contributed by atoms with E-state index in [2.05, 4.69) is 44.5 Å². The van der Waals surface area contributed by atoms with Gasteiger partial charge < -0.3 is 14.4 Å². The Morgan fingerprint density at radius 1 is 0.931 bits per heavy atom. The van der Waals surface area contributed by atoms with Gasteiger partial charge in [0.15, 0.2) is 5.65 Å². The van der Waals surface area contributed by atoms with E-state index in [9.17, 15) is 0 Å². The second-order valence-electron chi connectivity index (χ2n) is 6.66. The predicted octanol–water partition coefficient (Wildman–Crippen LogP) is 4.07. The molecule has 0 bridgehead atoms. The maximum Gasteiger partial charge on any atom is 0.246 e. The van der Waals surface area contributed by atoms with Crippen molar-refractivity contribution in [2.45, 2.75) is 0 Å². The first-order valence-electron chi connectivity index (χ1n) is 9.36. The number of benzene rings is 2. The van der Waals surface area contributed by atoms with E-state index in [1.54, 1.807) is 12.1 Å². The van der Waals surface area contributed by atoms with Crippen LogP contribution in [0, 0.1) is 0 Å². The Morgan fingerprint density at radius 3 is 2.69 bits per heavy atom. The van der Waals surface area contributed by atoms with Gasteiger partial charge in [-0.2, -0.15) is 4.52 Å². The molecule has 1 aliphatic rings. The summed E-state index contributed by atoms with van der Waals surface area (Å²) >= 11 is 6.02. The standard InChI is InChI=1S/C21H18ClN5O2/c22-21-24-23-19-8-9-20(25-27(19)21)29-18-7-2-1-6-17(18)15-4-3-5-16(14-15)26-10-12-28-13-11-26/h1-9,14H,10-13H2. The summed E-state index contributed by atoms with van der Waals surface area (Å²) in [7, 11) is 0. The fraction of sp³-hybridized carbons (Fsp3) is 0.190. The minimum absolute atomic E-state index is 0.192. The van der Waals surface area contributed by atoms with Crippen LogP contribution in [0.25, 0.3) is 16.8 Å². The van der Waals surface area contributed by atoms with E-state index in [0.717, 1.165) is 37.4 Å². The molecule has 146 valence electrons. The molecule has 0 radical (unpaired) electrons. The van der Waals surface area contributed by atoms with Crippen LogP contribution in [0.5, 0.6) is 11.6 Å². The number of anilines is 1. The van der Waals surface area contributed by atoms with Gasteiger partial charge in [0.1, 0.15) is 5.75 Å². The normalized spacial score (nSPS) is 14.3. The zero-order valence-electron chi connectivity index (χ0n) is 15.5. The number of halogens is 1. The highest BCUT2D eigenvalue weighted by Gasteiger charge is 2.14. The molecule has 5 rings (SSSR count). The molecule has 0 atom stereocenters. The van der Waals surface area contributed by atoms with Gasteiger partial charge in [0.05, 0.1) is 13.2 Å². The maximum atomic E-state index is 6.10. The number of ether oxygens (including phenoxy) is 2. The van der Waals surface area contributed by atoms with Crippen LogP contribution < -0.4 is 9.64 Å². The van der Waals surface area contributed by atoms with Gasteiger partial charge in [0, 0.05) is 30.4 Å². The number of aromatic nitrogens is 4. The van der Waals surface area contributed by atoms with Gasteiger partial charge in [-0.15, -0.1) is 15.3 Å². The van der Waals surface area contributed by atoms with E-state index in [0.29, 0.717) is 17.3 Å². The fourth-order valence-corrected chi connectivity index (χ4v) is 3.56. The number of rotatable bonds is 4. The highest BCUT2D eigenvalue weighted by atomic mass is 35.5. The van der Waals surface area contributed by atoms with Crippen molar-refractivity contribution < 1.29 is 9.47 Å². The zero-order valence-corrected chi connectivity index (χ0v) is 16.3. The summed E-state index contributed by atoms with van der Waals surface area (Å²) in [6, 6.07) is 19.9. The first-order valence-corrected chi connectivity index (χ1v) is 9.74. The zero-order chi connectivity index (χ0) is 19.6. The van der Waals surface area contributed by atoms with E-state index in [4.69, 9.17) is 21.1 Å². The average molecular weight is 408 g/mol. The molecule has 0 aliphatic carbocycles. The second kappa shape index (κ2) is 7.69. The van der Waals surface area contributed by atoms with Gasteiger partial charge in [-0.05, 0) is 41.4 Å². The van der Waals surface area contributed by atoms with Gasteiger partial charge in [-0.1, -0.05) is 30.3 Å². The third-order valence-electron chi connectivity index (χ3n) is 4.84. The summed E-state index contributed by atoms with van der Waals surface area (Å²) in [5.41, 5.74) is 3.80. The molecular formula is C21H18ClN5O2. The van der Waals surface area contributed by atoms with E-state index >= 15 is 0 Å². The van der Waals surface area contributed by atoms with Crippen molar-refractivity contribution in [3.63, 3.8) is 0 Å². The molecule has 1 saturated heterocycles. The Labute approximate surface area is 172 Å². The molecule has 3 heterocycles. The molecule has 1 aliphatic heterocycles. The van der Waals surface area contributed by atoms with Crippen molar-refractivity contribution in [3.8, 4) is 22.8 Å². The van der Waals surface area contributed by atoms with Crippen LogP contribution >= 0.6 is 11.6 Å². The Morgan fingerprint density at radius 2 is 1.79 bits per heavy atom. The predicted molar refractivity (Wildman–Crippen MR) is 111 cm³/mol. The number of hydrogen-bond acceptors (Lipinski definition) is 6.